The number of hydrogen-bond acceptors (Lipinski definition) is 6. The van der Waals surface area contributed by atoms with Crippen LogP contribution in [-0.4, -0.2) is 63.4 Å². The van der Waals surface area contributed by atoms with E-state index in [-0.39, 0.29) is 25.4 Å². The summed E-state index contributed by atoms with van der Waals surface area (Å²) in [6.45, 7) is 0.0132. The zero-order valence-electron chi connectivity index (χ0n) is 14.9. The van der Waals surface area contributed by atoms with Crippen molar-refractivity contribution in [3.8, 4) is 11.5 Å². The summed E-state index contributed by atoms with van der Waals surface area (Å²) in [6, 6.07) is 5.06. The number of carbonyl (C=O) groups excluding carboxylic acids is 2. The van der Waals surface area contributed by atoms with Crippen LogP contribution in [0.1, 0.15) is 6.42 Å². The third-order valence-electron chi connectivity index (χ3n) is 4.20. The Morgan fingerprint density at radius 1 is 1.31 bits per heavy atom. The lowest BCUT2D eigenvalue weighted by Gasteiger charge is -2.20. The smallest absolute Gasteiger partial charge is 0.334 e. The monoisotopic (exact) mass is 366 g/mol. The first-order valence-electron chi connectivity index (χ1n) is 7.97. The first kappa shape index (κ1) is 19.5. The van der Waals surface area contributed by atoms with Crippen molar-refractivity contribution in [3.63, 3.8) is 0 Å². The normalized spacial score (nSPS) is 17.7. The average Bonchev–Trinajstić information content (AvgIpc) is 3.02. The summed E-state index contributed by atoms with van der Waals surface area (Å²) in [5, 5.41) is 11.4. The lowest BCUT2D eigenvalue weighted by atomic mass is 10.1. The first-order valence-corrected chi connectivity index (χ1v) is 7.97. The zero-order chi connectivity index (χ0) is 19.3. The van der Waals surface area contributed by atoms with Gasteiger partial charge in [0.1, 0.15) is 11.5 Å². The van der Waals surface area contributed by atoms with E-state index in [1.807, 2.05) is 0 Å². The van der Waals surface area contributed by atoms with Gasteiger partial charge >= 0.3 is 5.97 Å². The summed E-state index contributed by atoms with van der Waals surface area (Å²) in [6.07, 6.45) is -1.10. The number of nitrogens with zero attached hydrogens (tertiary/aromatic N) is 1. The molecule has 1 saturated heterocycles. The van der Waals surface area contributed by atoms with E-state index in [0.717, 1.165) is 0 Å². The predicted molar refractivity (Wildman–Crippen MR) is 91.4 cm³/mol. The molecular formula is C17H22N2O7. The van der Waals surface area contributed by atoms with Gasteiger partial charge in [-0.15, -0.1) is 0 Å². The van der Waals surface area contributed by atoms with Crippen LogP contribution in [-0.2, 0) is 19.1 Å². The number of carboxylic acids is 1. The summed E-state index contributed by atoms with van der Waals surface area (Å²) in [7, 11) is 4.27. The van der Waals surface area contributed by atoms with Crippen LogP contribution in [0.25, 0.3) is 0 Å². The molecule has 1 aliphatic heterocycles. The molecule has 9 nitrogen and oxygen atoms in total. The number of aliphatic carboxylic acids is 1. The highest BCUT2D eigenvalue weighted by atomic mass is 16.5. The lowest BCUT2D eigenvalue weighted by Crippen LogP contribution is -2.41. The van der Waals surface area contributed by atoms with Gasteiger partial charge in [0.15, 0.2) is 6.10 Å². The molecule has 2 amide bonds. The molecule has 0 spiro atoms. The van der Waals surface area contributed by atoms with Crippen LogP contribution >= 0.6 is 0 Å². The van der Waals surface area contributed by atoms with E-state index in [2.05, 4.69) is 5.32 Å². The van der Waals surface area contributed by atoms with Crippen LogP contribution < -0.4 is 19.7 Å². The van der Waals surface area contributed by atoms with Crippen LogP contribution in [0.5, 0.6) is 11.5 Å². The van der Waals surface area contributed by atoms with Crippen molar-refractivity contribution in [1.82, 2.24) is 5.32 Å². The standard InChI is InChI=1S/C17H22N2O7/c1-24-11-4-5-12(13(7-11)25-2)19-9-10(6-15(19)20)16(21)18-8-14(26-3)17(22)23/h4-5,7,10,14H,6,8-9H2,1-3H3,(H,18,21)(H,22,23). The van der Waals surface area contributed by atoms with Crippen LogP contribution in [0.4, 0.5) is 5.69 Å². The van der Waals surface area contributed by atoms with Gasteiger partial charge in [0.2, 0.25) is 11.8 Å². The van der Waals surface area contributed by atoms with Crippen molar-refractivity contribution < 1.29 is 33.7 Å². The molecule has 1 aliphatic rings. The number of benzene rings is 1. The molecule has 0 radical (unpaired) electrons. The van der Waals surface area contributed by atoms with Crippen molar-refractivity contribution in [2.75, 3.05) is 39.3 Å². The number of amides is 2. The highest BCUT2D eigenvalue weighted by Crippen LogP contribution is 2.35. The number of ether oxygens (including phenoxy) is 3. The van der Waals surface area contributed by atoms with E-state index < -0.39 is 23.9 Å². The number of anilines is 1. The topological polar surface area (TPSA) is 114 Å². The Labute approximate surface area is 150 Å². The molecule has 0 aliphatic carbocycles. The average molecular weight is 366 g/mol. The molecule has 142 valence electrons. The minimum absolute atomic E-state index is 0.0335. The van der Waals surface area contributed by atoms with Gasteiger partial charge in [-0.25, -0.2) is 4.79 Å². The SMILES string of the molecule is COc1ccc(N2CC(C(=O)NCC(OC)C(=O)O)CC2=O)c(OC)c1. The number of nitrogens with one attached hydrogen (secondary N) is 1. The number of carbonyl (C=O) groups is 3. The van der Waals surface area contributed by atoms with Gasteiger partial charge < -0.3 is 29.5 Å². The number of hydrogen-bond donors (Lipinski definition) is 2. The Bertz CT molecular complexity index is 692. The largest absolute Gasteiger partial charge is 0.497 e. The molecule has 1 fully saturated rings. The second-order valence-corrected chi connectivity index (χ2v) is 5.75. The molecule has 0 aromatic heterocycles. The maximum atomic E-state index is 12.4. The van der Waals surface area contributed by atoms with Crippen molar-refractivity contribution in [3.05, 3.63) is 18.2 Å². The molecule has 2 unspecified atom stereocenters. The maximum Gasteiger partial charge on any atom is 0.334 e. The fourth-order valence-electron chi connectivity index (χ4n) is 2.73. The first-order chi connectivity index (χ1) is 12.4. The number of rotatable bonds is 8. The zero-order valence-corrected chi connectivity index (χ0v) is 14.9. The lowest BCUT2D eigenvalue weighted by molar-refractivity contribution is -0.148. The fraction of sp³-hybridized carbons (Fsp3) is 0.471. The molecule has 2 N–H and O–H groups in total. The summed E-state index contributed by atoms with van der Waals surface area (Å²) in [4.78, 5) is 37.0. The third-order valence-corrected chi connectivity index (χ3v) is 4.20. The van der Waals surface area contributed by atoms with Gasteiger partial charge in [-0.2, -0.15) is 0 Å². The van der Waals surface area contributed by atoms with Crippen LogP contribution in [0.15, 0.2) is 18.2 Å². The second-order valence-electron chi connectivity index (χ2n) is 5.75. The minimum atomic E-state index is -1.17. The van der Waals surface area contributed by atoms with E-state index in [1.54, 1.807) is 18.2 Å². The van der Waals surface area contributed by atoms with Crippen molar-refractivity contribution >= 4 is 23.5 Å². The fourth-order valence-corrected chi connectivity index (χ4v) is 2.73. The molecule has 26 heavy (non-hydrogen) atoms. The molecule has 9 heteroatoms. The molecule has 0 saturated carbocycles. The molecule has 1 aromatic carbocycles. The molecule has 1 aromatic rings. The van der Waals surface area contributed by atoms with E-state index >= 15 is 0 Å². The second kappa shape index (κ2) is 8.52. The number of methoxy groups -OCH3 is 3. The van der Waals surface area contributed by atoms with E-state index in [1.165, 1.54) is 26.2 Å². The van der Waals surface area contributed by atoms with Crippen LogP contribution in [0, 0.1) is 5.92 Å². The van der Waals surface area contributed by atoms with Gasteiger partial charge in [-0.05, 0) is 12.1 Å². The van der Waals surface area contributed by atoms with Gasteiger partial charge in [0.05, 0.1) is 32.4 Å². The third kappa shape index (κ3) is 4.23. The highest BCUT2D eigenvalue weighted by Gasteiger charge is 2.36. The Kier molecular flexibility index (Phi) is 6.40. The minimum Gasteiger partial charge on any atom is -0.497 e. The Hall–Kier alpha value is -2.81. The van der Waals surface area contributed by atoms with Gasteiger partial charge in [0.25, 0.3) is 0 Å². The van der Waals surface area contributed by atoms with E-state index in [0.29, 0.717) is 17.2 Å². The van der Waals surface area contributed by atoms with Gasteiger partial charge in [-0.1, -0.05) is 0 Å². The molecule has 2 rings (SSSR count). The van der Waals surface area contributed by atoms with Crippen molar-refractivity contribution in [2.45, 2.75) is 12.5 Å². The van der Waals surface area contributed by atoms with E-state index in [4.69, 9.17) is 19.3 Å². The molecule has 2 atom stereocenters. The Morgan fingerprint density at radius 3 is 2.62 bits per heavy atom. The maximum absolute atomic E-state index is 12.4. The molecule has 0 bridgehead atoms. The van der Waals surface area contributed by atoms with Crippen molar-refractivity contribution in [1.29, 1.82) is 0 Å². The van der Waals surface area contributed by atoms with Gasteiger partial charge in [0, 0.05) is 26.1 Å². The summed E-state index contributed by atoms with van der Waals surface area (Å²) in [5.74, 6) is -1.30. The quantitative estimate of drug-likeness (QED) is 0.679. The summed E-state index contributed by atoms with van der Waals surface area (Å²) < 4.78 is 15.2. The summed E-state index contributed by atoms with van der Waals surface area (Å²) in [5.41, 5.74) is 0.550. The van der Waals surface area contributed by atoms with Crippen molar-refractivity contribution in [2.24, 2.45) is 5.92 Å². The number of carboxylic acid groups (broad SMARTS) is 1. The Balaban J connectivity index is 2.06. The molecule has 1 heterocycles. The summed E-state index contributed by atoms with van der Waals surface area (Å²) >= 11 is 0. The predicted octanol–water partition coefficient (Wildman–Crippen LogP) is 0.273. The Morgan fingerprint density at radius 2 is 2.04 bits per heavy atom. The van der Waals surface area contributed by atoms with Crippen LogP contribution in [0.3, 0.4) is 0 Å². The van der Waals surface area contributed by atoms with Crippen LogP contribution in [0.2, 0.25) is 0 Å². The highest BCUT2D eigenvalue weighted by molar-refractivity contribution is 6.01. The van der Waals surface area contributed by atoms with E-state index in [9.17, 15) is 14.4 Å². The van der Waals surface area contributed by atoms with Gasteiger partial charge in [-0.3, -0.25) is 9.59 Å². The molecular weight excluding hydrogens is 344 g/mol.